The smallest absolute Gasteiger partial charge is 0.201 e. The number of hydrogen-bond donors (Lipinski definition) is 0. The number of halogens is 4. The summed E-state index contributed by atoms with van der Waals surface area (Å²) in [5.41, 5.74) is 3.45. The Morgan fingerprint density at radius 2 is 1.25 bits per heavy atom. The summed E-state index contributed by atoms with van der Waals surface area (Å²) < 4.78 is 68.9. The number of rotatable bonds is 8. The van der Waals surface area contributed by atoms with Gasteiger partial charge in [0.25, 0.3) is 0 Å². The Labute approximate surface area is 207 Å². The molecule has 0 N–H and O–H groups in total. The molecule has 184 valence electrons. The Balaban J connectivity index is 1.30. The fraction of sp³-hybridized carbons (Fsp3) is 0.200. The minimum atomic E-state index is -1.06. The second kappa shape index (κ2) is 10.2. The van der Waals surface area contributed by atoms with Gasteiger partial charge in [0.2, 0.25) is 5.82 Å². The van der Waals surface area contributed by atoms with Gasteiger partial charge in [0.15, 0.2) is 23.2 Å². The van der Waals surface area contributed by atoms with Gasteiger partial charge < -0.3 is 9.47 Å². The summed E-state index contributed by atoms with van der Waals surface area (Å²) in [5, 5.41) is 0. The van der Waals surface area contributed by atoms with E-state index in [4.69, 9.17) is 9.47 Å². The van der Waals surface area contributed by atoms with Crippen molar-refractivity contribution in [2.45, 2.75) is 32.5 Å². The molecule has 0 radical (unpaired) electrons. The standard InChI is InChI=1S/C30H24F4O2/c1-2-3-18-4-8-20(9-5-18)22-12-13-23(28(32)27(22)31)21-10-6-19(7-11-21)16-35-25-15-14-24(26-17-36-26)29(33)30(25)34/h4-15,26H,2-3,16-17H2,1H3. The Hall–Kier alpha value is -3.64. The van der Waals surface area contributed by atoms with Crippen molar-refractivity contribution >= 4 is 0 Å². The van der Waals surface area contributed by atoms with Crippen LogP contribution >= 0.6 is 0 Å². The topological polar surface area (TPSA) is 21.8 Å². The molecule has 0 amide bonds. The van der Waals surface area contributed by atoms with E-state index >= 15 is 0 Å². The van der Waals surface area contributed by atoms with E-state index in [2.05, 4.69) is 6.92 Å². The van der Waals surface area contributed by atoms with Gasteiger partial charge >= 0.3 is 0 Å². The number of epoxide rings is 1. The predicted octanol–water partition coefficient (Wildman–Crippen LogP) is 8.18. The van der Waals surface area contributed by atoms with Crippen LogP contribution < -0.4 is 4.74 Å². The van der Waals surface area contributed by atoms with Gasteiger partial charge in [-0.1, -0.05) is 74.0 Å². The van der Waals surface area contributed by atoms with E-state index in [-0.39, 0.29) is 29.0 Å². The van der Waals surface area contributed by atoms with Crippen LogP contribution in [0.15, 0.2) is 72.8 Å². The van der Waals surface area contributed by atoms with Gasteiger partial charge in [0.1, 0.15) is 12.7 Å². The average molecular weight is 493 g/mol. The van der Waals surface area contributed by atoms with Gasteiger partial charge in [0, 0.05) is 16.7 Å². The third-order valence-electron chi connectivity index (χ3n) is 6.30. The Kier molecular flexibility index (Phi) is 6.79. The van der Waals surface area contributed by atoms with Crippen LogP contribution in [0.2, 0.25) is 0 Å². The highest BCUT2D eigenvalue weighted by atomic mass is 19.2. The fourth-order valence-electron chi connectivity index (χ4n) is 4.21. The lowest BCUT2D eigenvalue weighted by Crippen LogP contribution is -2.01. The molecule has 0 spiro atoms. The highest BCUT2D eigenvalue weighted by Gasteiger charge is 2.30. The molecule has 1 saturated heterocycles. The molecule has 36 heavy (non-hydrogen) atoms. The molecular weight excluding hydrogens is 468 g/mol. The van der Waals surface area contributed by atoms with Crippen LogP contribution in [0.25, 0.3) is 22.3 Å². The first-order valence-corrected chi connectivity index (χ1v) is 11.8. The van der Waals surface area contributed by atoms with E-state index in [0.717, 1.165) is 18.4 Å². The van der Waals surface area contributed by atoms with Crippen molar-refractivity contribution in [2.24, 2.45) is 0 Å². The minimum Gasteiger partial charge on any atom is -0.486 e. The number of ether oxygens (including phenoxy) is 2. The molecule has 1 fully saturated rings. The van der Waals surface area contributed by atoms with Gasteiger partial charge in [-0.25, -0.2) is 13.2 Å². The molecule has 5 rings (SSSR count). The van der Waals surface area contributed by atoms with Crippen LogP contribution in [0.4, 0.5) is 17.6 Å². The fourth-order valence-corrected chi connectivity index (χ4v) is 4.21. The Morgan fingerprint density at radius 3 is 1.78 bits per heavy atom. The zero-order valence-corrected chi connectivity index (χ0v) is 19.7. The van der Waals surface area contributed by atoms with Gasteiger partial charge in [-0.15, -0.1) is 0 Å². The number of hydrogen-bond acceptors (Lipinski definition) is 2. The molecule has 0 aromatic heterocycles. The summed E-state index contributed by atoms with van der Waals surface area (Å²) in [6, 6.07) is 20.1. The monoisotopic (exact) mass is 492 g/mol. The van der Waals surface area contributed by atoms with E-state index in [1.807, 2.05) is 12.1 Å². The molecule has 0 aliphatic carbocycles. The van der Waals surface area contributed by atoms with Crippen LogP contribution in [-0.2, 0) is 17.8 Å². The van der Waals surface area contributed by atoms with Crippen molar-refractivity contribution < 1.29 is 27.0 Å². The van der Waals surface area contributed by atoms with E-state index in [9.17, 15) is 17.6 Å². The molecular formula is C30H24F4O2. The van der Waals surface area contributed by atoms with Gasteiger partial charge in [0.05, 0.1) is 6.61 Å². The zero-order chi connectivity index (χ0) is 25.2. The van der Waals surface area contributed by atoms with Gasteiger partial charge in [-0.05, 0) is 40.8 Å². The van der Waals surface area contributed by atoms with Crippen LogP contribution in [-0.4, -0.2) is 6.61 Å². The summed E-state index contributed by atoms with van der Waals surface area (Å²) in [6.07, 6.45) is 1.55. The van der Waals surface area contributed by atoms with E-state index < -0.39 is 29.4 Å². The third-order valence-corrected chi connectivity index (χ3v) is 6.30. The second-order valence-corrected chi connectivity index (χ2v) is 8.82. The van der Waals surface area contributed by atoms with E-state index in [0.29, 0.717) is 23.3 Å². The molecule has 0 bridgehead atoms. The first-order valence-electron chi connectivity index (χ1n) is 11.8. The zero-order valence-electron chi connectivity index (χ0n) is 19.7. The van der Waals surface area contributed by atoms with E-state index in [1.54, 1.807) is 48.5 Å². The van der Waals surface area contributed by atoms with Crippen LogP contribution in [0.1, 0.15) is 36.1 Å². The highest BCUT2D eigenvalue weighted by Crippen LogP contribution is 2.35. The van der Waals surface area contributed by atoms with Crippen molar-refractivity contribution in [3.05, 3.63) is 113 Å². The number of benzene rings is 4. The maximum Gasteiger partial charge on any atom is 0.201 e. The molecule has 0 saturated carbocycles. The first-order chi connectivity index (χ1) is 17.5. The predicted molar refractivity (Wildman–Crippen MR) is 131 cm³/mol. The van der Waals surface area contributed by atoms with Crippen molar-refractivity contribution in [1.29, 1.82) is 0 Å². The lowest BCUT2D eigenvalue weighted by molar-refractivity contribution is 0.283. The molecule has 2 nitrogen and oxygen atoms in total. The minimum absolute atomic E-state index is 0.0142. The summed E-state index contributed by atoms with van der Waals surface area (Å²) in [7, 11) is 0. The molecule has 4 aromatic rings. The van der Waals surface area contributed by atoms with Crippen molar-refractivity contribution in [3.63, 3.8) is 0 Å². The lowest BCUT2D eigenvalue weighted by atomic mass is 9.97. The third kappa shape index (κ3) is 4.86. The maximum absolute atomic E-state index is 15.0. The summed E-state index contributed by atoms with van der Waals surface area (Å²) in [4.78, 5) is 0. The van der Waals surface area contributed by atoms with Crippen molar-refractivity contribution in [2.75, 3.05) is 6.61 Å². The van der Waals surface area contributed by atoms with Crippen LogP contribution in [0.5, 0.6) is 5.75 Å². The molecule has 1 heterocycles. The van der Waals surface area contributed by atoms with Crippen molar-refractivity contribution in [1.82, 2.24) is 0 Å². The lowest BCUT2D eigenvalue weighted by Gasteiger charge is -2.12. The molecule has 1 unspecified atom stereocenters. The normalized spacial score (nSPS) is 14.6. The van der Waals surface area contributed by atoms with E-state index in [1.165, 1.54) is 12.1 Å². The summed E-state index contributed by atoms with van der Waals surface area (Å²) in [6.45, 7) is 2.45. The second-order valence-electron chi connectivity index (χ2n) is 8.82. The highest BCUT2D eigenvalue weighted by molar-refractivity contribution is 5.72. The maximum atomic E-state index is 15.0. The van der Waals surface area contributed by atoms with Gasteiger partial charge in [-0.3, -0.25) is 0 Å². The Morgan fingerprint density at radius 1 is 0.694 bits per heavy atom. The largest absolute Gasteiger partial charge is 0.486 e. The number of aryl methyl sites for hydroxylation is 1. The molecule has 6 heteroatoms. The molecule has 1 atom stereocenters. The van der Waals surface area contributed by atoms with Crippen LogP contribution in [0, 0.1) is 23.3 Å². The molecule has 1 aliphatic rings. The molecule has 1 aliphatic heterocycles. The van der Waals surface area contributed by atoms with Crippen LogP contribution in [0.3, 0.4) is 0 Å². The first kappa shape index (κ1) is 24.1. The molecule has 4 aromatic carbocycles. The van der Waals surface area contributed by atoms with Gasteiger partial charge in [-0.2, -0.15) is 4.39 Å². The quantitative estimate of drug-likeness (QED) is 0.183. The summed E-state index contributed by atoms with van der Waals surface area (Å²) in [5.74, 6) is -4.06. The SMILES string of the molecule is CCCc1ccc(-c2ccc(-c3ccc(COc4ccc(C5CO5)c(F)c4F)cc3)c(F)c2F)cc1. The van der Waals surface area contributed by atoms with Crippen molar-refractivity contribution in [3.8, 4) is 28.0 Å². The average Bonchev–Trinajstić information content (AvgIpc) is 3.73. The Bertz CT molecular complexity index is 1380. The summed E-state index contributed by atoms with van der Waals surface area (Å²) >= 11 is 0.